The third-order valence-corrected chi connectivity index (χ3v) is 7.73. The fourth-order valence-corrected chi connectivity index (χ4v) is 5.58. The average Bonchev–Trinajstić information content (AvgIpc) is 3.66. The van der Waals surface area contributed by atoms with Crippen LogP contribution in [0, 0.1) is 37.1 Å². The van der Waals surface area contributed by atoms with Crippen molar-refractivity contribution in [3.05, 3.63) is 168 Å². The molecule has 0 saturated carbocycles. The van der Waals surface area contributed by atoms with Gasteiger partial charge in [-0.3, -0.25) is 0 Å². The van der Waals surface area contributed by atoms with Crippen molar-refractivity contribution in [3.63, 3.8) is 0 Å². The molecule has 0 saturated heterocycles. The number of hydrogen-bond acceptors (Lipinski definition) is 3. The van der Waals surface area contributed by atoms with Gasteiger partial charge in [-0.2, -0.15) is 0 Å². The molecule has 3 aromatic heterocycles. The second-order valence-corrected chi connectivity index (χ2v) is 12.5. The van der Waals surface area contributed by atoms with Crippen LogP contribution < -0.4 is 0 Å². The monoisotopic (exact) mass is 875 g/mol. The molecule has 0 atom stereocenters. The summed E-state index contributed by atoms with van der Waals surface area (Å²) in [5.41, 5.74) is 1.57. The summed E-state index contributed by atoms with van der Waals surface area (Å²) in [6, 6.07) is 25.0. The van der Waals surface area contributed by atoms with Crippen LogP contribution in [0.3, 0.4) is 0 Å². The van der Waals surface area contributed by atoms with Crippen LogP contribution in [-0.2, 0) is 26.5 Å². The average molecular weight is 875 g/mol. The molecule has 5 aromatic carbocycles. The first-order valence-electron chi connectivity index (χ1n) is 23.9. The molecule has 0 bridgehead atoms. The van der Waals surface area contributed by atoms with Crippen LogP contribution in [0.5, 0.6) is 0 Å². The molecule has 0 aliphatic rings. The van der Waals surface area contributed by atoms with Crippen molar-refractivity contribution in [2.45, 2.75) is 40.8 Å². The molecule has 8 rings (SSSR count). The zero-order chi connectivity index (χ0) is 49.3. The summed E-state index contributed by atoms with van der Waals surface area (Å²) in [6.45, 7) is -0.404. The first-order chi connectivity index (χ1) is 31.1. The van der Waals surface area contributed by atoms with Crippen molar-refractivity contribution in [1.82, 2.24) is 9.97 Å². The van der Waals surface area contributed by atoms with Crippen LogP contribution in [0.2, 0.25) is 0 Å². The summed E-state index contributed by atoms with van der Waals surface area (Å²) < 4.78 is 149. The summed E-state index contributed by atoms with van der Waals surface area (Å²) in [6.07, 6.45) is -1.66. The molecule has 0 N–H and O–H groups in total. The predicted molar refractivity (Wildman–Crippen MR) is 208 cm³/mol. The molecule has 0 spiro atoms. The summed E-state index contributed by atoms with van der Waals surface area (Å²) in [5.74, 6) is -1.25. The molecular formula is C47H39FIrN2O-2. The number of halogens is 1. The Kier molecular flexibility index (Phi) is 6.39. The number of para-hydroxylation sites is 1. The minimum Gasteiger partial charge on any atom is -0.500 e. The van der Waals surface area contributed by atoms with E-state index in [1.807, 2.05) is 54.6 Å². The maximum Gasteiger partial charge on any atom is 0.139 e. The first-order valence-corrected chi connectivity index (χ1v) is 15.9. The van der Waals surface area contributed by atoms with Gasteiger partial charge in [0.2, 0.25) is 0 Å². The van der Waals surface area contributed by atoms with E-state index in [9.17, 15) is 4.39 Å². The number of hydrogen-bond donors (Lipinski definition) is 0. The Morgan fingerprint density at radius 1 is 0.788 bits per heavy atom. The number of pyridine rings is 2. The van der Waals surface area contributed by atoms with Gasteiger partial charge in [-0.1, -0.05) is 111 Å². The predicted octanol–water partition coefficient (Wildman–Crippen LogP) is 12.7. The van der Waals surface area contributed by atoms with Crippen LogP contribution >= 0.6 is 0 Å². The molecule has 261 valence electrons. The minimum atomic E-state index is -2.79. The third kappa shape index (κ3) is 7.97. The Morgan fingerprint density at radius 2 is 1.62 bits per heavy atom. The van der Waals surface area contributed by atoms with E-state index >= 15 is 0 Å². The van der Waals surface area contributed by atoms with Gasteiger partial charge >= 0.3 is 0 Å². The molecule has 0 aliphatic heterocycles. The van der Waals surface area contributed by atoms with Gasteiger partial charge in [0.05, 0.1) is 17.2 Å². The number of rotatable bonds is 5. The van der Waals surface area contributed by atoms with E-state index < -0.39 is 73.7 Å². The number of nitrogens with zero attached hydrogens (tertiary/aromatic N) is 2. The number of fused-ring (bicyclic) bond motifs is 3. The zero-order valence-electron chi connectivity index (χ0n) is 44.1. The topological polar surface area (TPSA) is 38.9 Å². The van der Waals surface area contributed by atoms with Crippen molar-refractivity contribution in [1.29, 1.82) is 0 Å². The Morgan fingerprint density at radius 3 is 2.42 bits per heavy atom. The van der Waals surface area contributed by atoms with Crippen LogP contribution in [0.4, 0.5) is 4.39 Å². The van der Waals surface area contributed by atoms with Gasteiger partial charge in [0.1, 0.15) is 11.4 Å². The van der Waals surface area contributed by atoms with Crippen LogP contribution in [0.25, 0.3) is 66.7 Å². The van der Waals surface area contributed by atoms with E-state index in [0.717, 1.165) is 21.9 Å². The fourth-order valence-electron chi connectivity index (χ4n) is 5.58. The maximum atomic E-state index is 13.3. The van der Waals surface area contributed by atoms with E-state index in [4.69, 9.17) is 26.3 Å². The maximum absolute atomic E-state index is 13.3. The molecule has 1 radical (unpaired) electrons. The Hall–Kier alpha value is -5.22. The molecule has 3 heterocycles. The van der Waals surface area contributed by atoms with E-state index in [2.05, 4.69) is 22.1 Å². The number of aromatic nitrogens is 2. The number of aryl methyl sites for hydroxylation is 2. The van der Waals surface area contributed by atoms with Gasteiger partial charge in [0, 0.05) is 51.0 Å². The van der Waals surface area contributed by atoms with Crippen molar-refractivity contribution >= 4 is 21.9 Å². The molecular weight excluding hydrogens is 820 g/mol. The van der Waals surface area contributed by atoms with Gasteiger partial charge in [-0.15, -0.1) is 54.0 Å². The van der Waals surface area contributed by atoms with E-state index in [1.165, 1.54) is 24.4 Å². The molecule has 0 fully saturated rings. The molecule has 0 amide bonds. The quantitative estimate of drug-likeness (QED) is 0.162. The van der Waals surface area contributed by atoms with Gasteiger partial charge in [0.25, 0.3) is 0 Å². The summed E-state index contributed by atoms with van der Waals surface area (Å²) in [7, 11) is 0. The normalized spacial score (nSPS) is 16.4. The molecule has 3 nitrogen and oxygen atoms in total. The Balaban J connectivity index is 0.000000304. The second-order valence-electron chi connectivity index (χ2n) is 12.5. The SMILES string of the molecule is [2H]c1[c-]c(-c2nc([2H])c(F)c([2H])c2[2H])c([2H])c([2H])c1[2H].[2H]c1cc(C([2H])([2H])C(C)(C)C)cc(C([2H])([2H])[2H])c1-c1cc(-c2[c-]ccc3c2oc2c(-c4ccccc4)cccc23)ncc1C([2H])([2H])[2H].[Ir]. The number of furan rings is 1. The van der Waals surface area contributed by atoms with E-state index in [-0.39, 0.29) is 70.9 Å². The fraction of sp³-hybridized carbons (Fsp3) is 0.149. The van der Waals surface area contributed by atoms with Crippen molar-refractivity contribution in [2.75, 3.05) is 0 Å². The standard InChI is InChI=1S/C36H32NO.C11H7FN.Ir/c1-23-19-25(21-36(3,4)5)17-18-27(23)32-20-33(37-22-24(32)2)31-16-10-15-30-29-14-9-13-28(34(29)38-35(30)31)26-11-7-6-8-12-26;12-10-6-7-11(13-8-10)9-4-2-1-3-5-9;/h6-15,17-20,22H,21H2,1-5H3;1-4,6-8H;/q2*-1;/i1D3,2D3,18D,21D2;1D,2D,3D,4D,6D,7D,8D;. The number of benzene rings is 5. The van der Waals surface area contributed by atoms with Crippen molar-refractivity contribution in [3.8, 4) is 44.8 Å². The molecule has 5 heteroatoms. The van der Waals surface area contributed by atoms with E-state index in [0.29, 0.717) is 16.7 Å². The molecule has 0 unspecified atom stereocenters. The molecule has 8 aromatic rings. The van der Waals surface area contributed by atoms with Crippen LogP contribution in [0.15, 0.2) is 138 Å². The summed E-state index contributed by atoms with van der Waals surface area (Å²) in [4.78, 5) is 7.98. The summed E-state index contributed by atoms with van der Waals surface area (Å²) >= 11 is 0. The first kappa shape index (κ1) is 21.3. The largest absolute Gasteiger partial charge is 0.500 e. The van der Waals surface area contributed by atoms with Crippen LogP contribution in [-0.4, -0.2) is 9.97 Å². The minimum absolute atomic E-state index is 0. The van der Waals surface area contributed by atoms with Crippen molar-refractivity contribution < 1.29 is 50.8 Å². The van der Waals surface area contributed by atoms with E-state index in [1.54, 1.807) is 26.8 Å². The Labute approximate surface area is 341 Å². The van der Waals surface area contributed by atoms with Crippen molar-refractivity contribution in [2.24, 2.45) is 5.41 Å². The Bertz CT molecular complexity index is 3180. The summed E-state index contributed by atoms with van der Waals surface area (Å²) in [5, 5.41) is 1.67. The van der Waals surface area contributed by atoms with Gasteiger partial charge in [0.15, 0.2) is 0 Å². The molecule has 0 aliphatic carbocycles. The third-order valence-electron chi connectivity index (χ3n) is 7.73. The van der Waals surface area contributed by atoms with Gasteiger partial charge < -0.3 is 14.4 Å². The second kappa shape index (κ2) is 15.6. The zero-order valence-corrected chi connectivity index (χ0v) is 30.5. The smallest absolute Gasteiger partial charge is 0.139 e. The van der Waals surface area contributed by atoms with Crippen LogP contribution in [0.1, 0.15) is 59.4 Å². The van der Waals surface area contributed by atoms with Gasteiger partial charge in [-0.05, 0) is 79.0 Å². The molecule has 52 heavy (non-hydrogen) atoms. The van der Waals surface area contributed by atoms with Gasteiger partial charge in [-0.25, -0.2) is 4.39 Å².